The quantitative estimate of drug-likeness (QED) is 0.803. The number of likely N-dealkylation sites (N-methyl/N-ethyl adjacent to an activating group) is 1. The number of nitrogens with one attached hydrogen (secondary N) is 1. The lowest BCUT2D eigenvalue weighted by Gasteiger charge is -2.18. The molecule has 1 aromatic rings. The van der Waals surface area contributed by atoms with Crippen LogP contribution in [-0.2, 0) is 14.8 Å². The summed E-state index contributed by atoms with van der Waals surface area (Å²) in [6.07, 6.45) is 1.08. The van der Waals surface area contributed by atoms with Gasteiger partial charge in [-0.3, -0.25) is 4.79 Å². The number of carbonyl (C=O) groups excluding carboxylic acids is 1. The summed E-state index contributed by atoms with van der Waals surface area (Å²) >= 11 is 0. The van der Waals surface area contributed by atoms with E-state index in [2.05, 4.69) is 4.72 Å². The highest BCUT2D eigenvalue weighted by atomic mass is 32.2. The largest absolute Gasteiger partial charge is 0.483 e. The van der Waals surface area contributed by atoms with Crippen LogP contribution >= 0.6 is 0 Å². The van der Waals surface area contributed by atoms with Crippen LogP contribution < -0.4 is 9.46 Å². The van der Waals surface area contributed by atoms with Crippen molar-refractivity contribution in [2.75, 3.05) is 33.0 Å². The molecule has 1 aromatic carbocycles. The van der Waals surface area contributed by atoms with Crippen LogP contribution in [0.2, 0.25) is 0 Å². The fourth-order valence-corrected chi connectivity index (χ4v) is 2.26. The maximum atomic E-state index is 11.9. The highest BCUT2D eigenvalue weighted by Crippen LogP contribution is 2.22. The van der Waals surface area contributed by atoms with Gasteiger partial charge in [-0.05, 0) is 25.0 Å². The average Bonchev–Trinajstić information content (AvgIpc) is 2.36. The van der Waals surface area contributed by atoms with Gasteiger partial charge in [-0.25, -0.2) is 13.1 Å². The van der Waals surface area contributed by atoms with Crippen molar-refractivity contribution in [2.24, 2.45) is 0 Å². The summed E-state index contributed by atoms with van der Waals surface area (Å²) < 4.78 is 29.8. The molecule has 0 radical (unpaired) electrons. The molecule has 0 atom stereocenters. The summed E-state index contributed by atoms with van der Waals surface area (Å²) in [5.41, 5.74) is 1.95. The first-order valence-corrected chi connectivity index (χ1v) is 8.47. The number of ether oxygens (including phenoxy) is 1. The van der Waals surface area contributed by atoms with Gasteiger partial charge in [-0.1, -0.05) is 18.2 Å². The van der Waals surface area contributed by atoms with E-state index >= 15 is 0 Å². The Bertz CT molecular complexity index is 579. The van der Waals surface area contributed by atoms with Gasteiger partial charge in [0.15, 0.2) is 6.61 Å². The molecule has 0 aliphatic carbocycles. The molecule has 0 heterocycles. The van der Waals surface area contributed by atoms with Crippen molar-refractivity contribution in [1.82, 2.24) is 9.62 Å². The zero-order chi connectivity index (χ0) is 16.0. The summed E-state index contributed by atoms with van der Waals surface area (Å²) in [6, 6.07) is 5.78. The minimum atomic E-state index is -3.23. The number of rotatable bonds is 7. The molecule has 0 fully saturated rings. The lowest BCUT2D eigenvalue weighted by molar-refractivity contribution is -0.131. The second kappa shape index (κ2) is 7.42. The number of para-hydroxylation sites is 1. The maximum Gasteiger partial charge on any atom is 0.260 e. The van der Waals surface area contributed by atoms with E-state index in [0.29, 0.717) is 12.3 Å². The van der Waals surface area contributed by atoms with Gasteiger partial charge in [-0.2, -0.15) is 0 Å². The van der Waals surface area contributed by atoms with Crippen molar-refractivity contribution in [3.8, 4) is 5.75 Å². The first-order valence-electron chi connectivity index (χ1n) is 6.58. The number of aryl methyl sites for hydroxylation is 2. The number of sulfonamides is 1. The number of carbonyl (C=O) groups is 1. The molecule has 1 rings (SSSR count). The smallest absolute Gasteiger partial charge is 0.260 e. The minimum Gasteiger partial charge on any atom is -0.483 e. The molecule has 0 saturated carbocycles. The van der Waals surface area contributed by atoms with E-state index in [9.17, 15) is 13.2 Å². The standard InChI is InChI=1S/C14H22N2O4S/c1-11-6-5-7-12(2)14(11)20-10-13(17)16(3)9-8-15-21(4,18)19/h5-7,15H,8-10H2,1-4H3. The summed E-state index contributed by atoms with van der Waals surface area (Å²) in [4.78, 5) is 13.4. The number of amides is 1. The molecule has 0 aromatic heterocycles. The Morgan fingerprint density at radius 3 is 2.38 bits per heavy atom. The Morgan fingerprint density at radius 1 is 1.29 bits per heavy atom. The summed E-state index contributed by atoms with van der Waals surface area (Å²) in [7, 11) is -1.62. The van der Waals surface area contributed by atoms with Crippen LogP contribution in [0.5, 0.6) is 5.75 Å². The molecule has 0 spiro atoms. The third kappa shape index (κ3) is 6.14. The lowest BCUT2D eigenvalue weighted by atomic mass is 10.1. The Kier molecular flexibility index (Phi) is 6.17. The third-order valence-electron chi connectivity index (χ3n) is 2.99. The van der Waals surface area contributed by atoms with Crippen molar-refractivity contribution in [2.45, 2.75) is 13.8 Å². The Labute approximate surface area is 126 Å². The predicted octanol–water partition coefficient (Wildman–Crippen LogP) is 0.690. The highest BCUT2D eigenvalue weighted by molar-refractivity contribution is 7.88. The van der Waals surface area contributed by atoms with E-state index in [1.807, 2.05) is 32.0 Å². The van der Waals surface area contributed by atoms with Crippen molar-refractivity contribution in [1.29, 1.82) is 0 Å². The minimum absolute atomic E-state index is 0.0684. The van der Waals surface area contributed by atoms with Crippen LogP contribution in [0.4, 0.5) is 0 Å². The van der Waals surface area contributed by atoms with Crippen molar-refractivity contribution in [3.05, 3.63) is 29.3 Å². The molecular formula is C14H22N2O4S. The SMILES string of the molecule is Cc1cccc(C)c1OCC(=O)N(C)CCNS(C)(=O)=O. The van der Waals surface area contributed by atoms with Crippen molar-refractivity contribution >= 4 is 15.9 Å². The maximum absolute atomic E-state index is 11.9. The van der Waals surface area contributed by atoms with Crippen LogP contribution in [0.25, 0.3) is 0 Å². The number of benzene rings is 1. The molecule has 0 aliphatic heterocycles. The fraction of sp³-hybridized carbons (Fsp3) is 0.500. The second-order valence-corrected chi connectivity index (χ2v) is 6.82. The van der Waals surface area contributed by atoms with Gasteiger partial charge >= 0.3 is 0 Å². The van der Waals surface area contributed by atoms with Crippen LogP contribution in [-0.4, -0.2) is 52.2 Å². The molecule has 0 bridgehead atoms. The fourth-order valence-electron chi connectivity index (χ4n) is 1.79. The molecule has 6 nitrogen and oxygen atoms in total. The Balaban J connectivity index is 2.46. The lowest BCUT2D eigenvalue weighted by Crippen LogP contribution is -2.38. The van der Waals surface area contributed by atoms with Crippen LogP contribution in [0.1, 0.15) is 11.1 Å². The molecular weight excluding hydrogens is 292 g/mol. The number of hydrogen-bond donors (Lipinski definition) is 1. The van der Waals surface area contributed by atoms with Gasteiger partial charge in [0.25, 0.3) is 5.91 Å². The van der Waals surface area contributed by atoms with Gasteiger partial charge in [0.05, 0.1) is 6.26 Å². The van der Waals surface area contributed by atoms with E-state index in [0.717, 1.165) is 17.4 Å². The zero-order valence-electron chi connectivity index (χ0n) is 12.8. The van der Waals surface area contributed by atoms with Crippen LogP contribution in [0.3, 0.4) is 0 Å². The Morgan fingerprint density at radius 2 is 1.86 bits per heavy atom. The molecule has 0 aliphatic rings. The van der Waals surface area contributed by atoms with E-state index in [1.54, 1.807) is 7.05 Å². The molecule has 0 saturated heterocycles. The van der Waals surface area contributed by atoms with Gasteiger partial charge in [0.2, 0.25) is 10.0 Å². The normalized spacial score (nSPS) is 11.2. The predicted molar refractivity (Wildman–Crippen MR) is 81.9 cm³/mol. The van der Waals surface area contributed by atoms with E-state index in [4.69, 9.17) is 4.74 Å². The molecule has 7 heteroatoms. The topological polar surface area (TPSA) is 75.7 Å². The highest BCUT2D eigenvalue weighted by Gasteiger charge is 2.12. The van der Waals surface area contributed by atoms with E-state index in [1.165, 1.54) is 4.90 Å². The molecule has 1 amide bonds. The van der Waals surface area contributed by atoms with Gasteiger partial charge < -0.3 is 9.64 Å². The van der Waals surface area contributed by atoms with E-state index < -0.39 is 10.0 Å². The van der Waals surface area contributed by atoms with Gasteiger partial charge in [0, 0.05) is 20.1 Å². The summed E-state index contributed by atoms with van der Waals surface area (Å²) in [5, 5.41) is 0. The van der Waals surface area contributed by atoms with Gasteiger partial charge in [-0.15, -0.1) is 0 Å². The molecule has 1 N–H and O–H groups in total. The van der Waals surface area contributed by atoms with Crippen LogP contribution in [0, 0.1) is 13.8 Å². The Hall–Kier alpha value is -1.60. The van der Waals surface area contributed by atoms with Gasteiger partial charge in [0.1, 0.15) is 5.75 Å². The molecule has 21 heavy (non-hydrogen) atoms. The zero-order valence-corrected chi connectivity index (χ0v) is 13.7. The van der Waals surface area contributed by atoms with Crippen molar-refractivity contribution in [3.63, 3.8) is 0 Å². The summed E-state index contributed by atoms with van der Waals surface area (Å²) in [6.45, 7) is 4.26. The first kappa shape index (κ1) is 17.5. The third-order valence-corrected chi connectivity index (χ3v) is 3.71. The molecule has 0 unspecified atom stereocenters. The first-order chi connectivity index (χ1) is 9.70. The van der Waals surface area contributed by atoms with Crippen LogP contribution in [0.15, 0.2) is 18.2 Å². The van der Waals surface area contributed by atoms with Crippen molar-refractivity contribution < 1.29 is 17.9 Å². The second-order valence-electron chi connectivity index (χ2n) is 4.99. The summed E-state index contributed by atoms with van der Waals surface area (Å²) in [5.74, 6) is 0.515. The number of nitrogens with zero attached hydrogens (tertiary/aromatic N) is 1. The van der Waals surface area contributed by atoms with E-state index in [-0.39, 0.29) is 19.1 Å². The monoisotopic (exact) mass is 314 g/mol. The number of hydrogen-bond acceptors (Lipinski definition) is 4. The average molecular weight is 314 g/mol. The molecule has 118 valence electrons.